The van der Waals surface area contributed by atoms with Crippen molar-refractivity contribution in [2.75, 3.05) is 19.8 Å². The van der Waals surface area contributed by atoms with E-state index >= 15 is 0 Å². The highest BCUT2D eigenvalue weighted by Crippen LogP contribution is 2.49. The van der Waals surface area contributed by atoms with Gasteiger partial charge in [0.1, 0.15) is 12.4 Å². The first-order valence-corrected chi connectivity index (χ1v) is 13.2. The molecular formula is C31H56O2. The third kappa shape index (κ3) is 12.3. The molecule has 0 heterocycles. The molecule has 0 N–H and O–H groups in total. The van der Waals surface area contributed by atoms with Gasteiger partial charge in [0.15, 0.2) is 0 Å². The fourth-order valence-electron chi connectivity index (χ4n) is 6.98. The Morgan fingerprint density at radius 2 is 1.06 bits per heavy atom. The van der Waals surface area contributed by atoms with E-state index in [4.69, 9.17) is 9.47 Å². The van der Waals surface area contributed by atoms with E-state index in [1.807, 2.05) is 0 Å². The van der Waals surface area contributed by atoms with Crippen molar-refractivity contribution in [3.63, 3.8) is 0 Å². The van der Waals surface area contributed by atoms with Crippen LogP contribution in [-0.4, -0.2) is 19.8 Å². The molecule has 0 aliphatic heterocycles. The first kappa shape index (κ1) is 30.0. The lowest BCUT2D eigenvalue weighted by atomic mass is 9.61. The van der Waals surface area contributed by atoms with Crippen LogP contribution in [-0.2, 0) is 10.2 Å². The molecular weight excluding hydrogens is 404 g/mol. The van der Waals surface area contributed by atoms with Crippen LogP contribution in [0.25, 0.3) is 0 Å². The van der Waals surface area contributed by atoms with E-state index in [2.05, 4.69) is 107 Å². The lowest BCUT2D eigenvalue weighted by Gasteiger charge is -2.44. The minimum Gasteiger partial charge on any atom is -0.491 e. The molecule has 192 valence electrons. The molecule has 1 rings (SSSR count). The molecule has 0 radical (unpaired) electrons. The molecule has 1 aromatic rings. The van der Waals surface area contributed by atoms with Crippen molar-refractivity contribution >= 4 is 0 Å². The number of ether oxygens (including phenoxy) is 2. The maximum absolute atomic E-state index is 5.84. The van der Waals surface area contributed by atoms with Crippen molar-refractivity contribution in [1.29, 1.82) is 0 Å². The van der Waals surface area contributed by atoms with Crippen molar-refractivity contribution in [2.24, 2.45) is 21.7 Å². The van der Waals surface area contributed by atoms with Crippen molar-refractivity contribution in [2.45, 2.75) is 121 Å². The van der Waals surface area contributed by atoms with E-state index in [-0.39, 0.29) is 10.8 Å². The summed E-state index contributed by atoms with van der Waals surface area (Å²) < 4.78 is 11.3. The topological polar surface area (TPSA) is 18.5 Å². The van der Waals surface area contributed by atoms with Crippen LogP contribution in [0.2, 0.25) is 0 Å². The summed E-state index contributed by atoms with van der Waals surface area (Å²) in [7, 11) is 0. The van der Waals surface area contributed by atoms with Gasteiger partial charge in [-0.2, -0.15) is 0 Å². The molecule has 0 aliphatic carbocycles. The molecule has 2 nitrogen and oxygen atoms in total. The van der Waals surface area contributed by atoms with Crippen LogP contribution in [0.5, 0.6) is 5.75 Å². The molecule has 1 aromatic carbocycles. The maximum atomic E-state index is 5.84. The van der Waals surface area contributed by atoms with Gasteiger partial charge in [0.2, 0.25) is 0 Å². The van der Waals surface area contributed by atoms with E-state index in [0.717, 1.165) is 25.2 Å². The van der Waals surface area contributed by atoms with Crippen molar-refractivity contribution in [3.05, 3.63) is 29.8 Å². The van der Waals surface area contributed by atoms with Crippen LogP contribution >= 0.6 is 0 Å². The normalized spacial score (nSPS) is 13.9. The SMILES string of the molecule is CCCOCCOc1ccc(C(C)(C)CC(C)(C)CC(C)(C)CC(C)(C)CC(C)(C)C)cc1. The Morgan fingerprint density at radius 3 is 1.55 bits per heavy atom. The van der Waals surface area contributed by atoms with Gasteiger partial charge in [0.25, 0.3) is 0 Å². The predicted molar refractivity (Wildman–Crippen MR) is 145 cm³/mol. The molecule has 0 saturated heterocycles. The molecule has 0 aliphatic rings. The highest BCUT2D eigenvalue weighted by Gasteiger charge is 2.38. The van der Waals surface area contributed by atoms with Gasteiger partial charge < -0.3 is 9.47 Å². The Bertz CT molecular complexity index is 687. The lowest BCUT2D eigenvalue weighted by Crippen LogP contribution is -2.34. The van der Waals surface area contributed by atoms with Crippen LogP contribution in [0.15, 0.2) is 24.3 Å². The monoisotopic (exact) mass is 460 g/mol. The second kappa shape index (κ2) is 11.6. The zero-order valence-corrected chi connectivity index (χ0v) is 24.3. The molecule has 0 fully saturated rings. The second-order valence-electron chi connectivity index (χ2n) is 14.6. The summed E-state index contributed by atoms with van der Waals surface area (Å²) in [5, 5.41) is 0. The summed E-state index contributed by atoms with van der Waals surface area (Å²) in [6.07, 6.45) is 5.96. The van der Waals surface area contributed by atoms with Crippen LogP contribution < -0.4 is 4.74 Å². The van der Waals surface area contributed by atoms with E-state index in [1.165, 1.54) is 24.8 Å². The summed E-state index contributed by atoms with van der Waals surface area (Å²) >= 11 is 0. The van der Waals surface area contributed by atoms with Gasteiger partial charge in [-0.15, -0.1) is 0 Å². The Hall–Kier alpha value is -1.02. The third-order valence-corrected chi connectivity index (χ3v) is 6.32. The first-order valence-electron chi connectivity index (χ1n) is 13.2. The van der Waals surface area contributed by atoms with Crippen molar-refractivity contribution in [3.8, 4) is 5.75 Å². The number of hydrogen-bond acceptors (Lipinski definition) is 2. The standard InChI is InChI=1S/C31H56O2/c1-13-18-32-19-20-33-26-16-14-25(15-17-26)31(11,12)24-30(9,10)23-29(7,8)22-28(5,6)21-27(2,3)4/h14-17H,13,18-24H2,1-12H3. The number of hydrogen-bond donors (Lipinski definition) is 0. The third-order valence-electron chi connectivity index (χ3n) is 6.32. The molecule has 0 bridgehead atoms. The van der Waals surface area contributed by atoms with Crippen LogP contribution in [0.4, 0.5) is 0 Å². The van der Waals surface area contributed by atoms with E-state index in [0.29, 0.717) is 29.5 Å². The average molecular weight is 461 g/mol. The van der Waals surface area contributed by atoms with E-state index in [1.54, 1.807) is 0 Å². The Morgan fingerprint density at radius 1 is 0.576 bits per heavy atom. The average Bonchev–Trinajstić information content (AvgIpc) is 2.56. The largest absolute Gasteiger partial charge is 0.491 e. The molecule has 0 saturated carbocycles. The Labute approximate surface area is 207 Å². The summed E-state index contributed by atoms with van der Waals surface area (Å²) in [5.41, 5.74) is 2.79. The van der Waals surface area contributed by atoms with Gasteiger partial charge in [-0.1, -0.05) is 95.2 Å². The summed E-state index contributed by atoms with van der Waals surface area (Å²) in [6.45, 7) is 30.8. The highest BCUT2D eigenvalue weighted by molar-refractivity contribution is 5.31. The lowest BCUT2D eigenvalue weighted by molar-refractivity contribution is 0.0827. The zero-order valence-electron chi connectivity index (χ0n) is 24.3. The highest BCUT2D eigenvalue weighted by atomic mass is 16.5. The van der Waals surface area contributed by atoms with Gasteiger partial charge in [-0.05, 0) is 76.9 Å². The van der Waals surface area contributed by atoms with Gasteiger partial charge in [-0.3, -0.25) is 0 Å². The van der Waals surface area contributed by atoms with Crippen LogP contribution in [0.1, 0.15) is 121 Å². The first-order chi connectivity index (χ1) is 14.9. The smallest absolute Gasteiger partial charge is 0.119 e. The molecule has 0 amide bonds. The van der Waals surface area contributed by atoms with Gasteiger partial charge in [0, 0.05) is 6.61 Å². The summed E-state index contributed by atoms with van der Waals surface area (Å²) in [5.74, 6) is 0.927. The quantitative estimate of drug-likeness (QED) is 0.257. The fourth-order valence-corrected chi connectivity index (χ4v) is 6.98. The minimum absolute atomic E-state index is 0.114. The summed E-state index contributed by atoms with van der Waals surface area (Å²) in [4.78, 5) is 0. The maximum Gasteiger partial charge on any atom is 0.119 e. The number of benzene rings is 1. The van der Waals surface area contributed by atoms with Crippen LogP contribution in [0, 0.1) is 21.7 Å². The molecule has 0 atom stereocenters. The second-order valence-corrected chi connectivity index (χ2v) is 14.6. The zero-order chi connectivity index (χ0) is 25.6. The van der Waals surface area contributed by atoms with Gasteiger partial charge >= 0.3 is 0 Å². The van der Waals surface area contributed by atoms with E-state index in [9.17, 15) is 0 Å². The number of rotatable bonds is 14. The van der Waals surface area contributed by atoms with E-state index < -0.39 is 0 Å². The van der Waals surface area contributed by atoms with Gasteiger partial charge in [-0.25, -0.2) is 0 Å². The minimum atomic E-state index is 0.114. The fraction of sp³-hybridized carbons (Fsp3) is 0.806. The molecule has 0 aromatic heterocycles. The Balaban J connectivity index is 2.75. The predicted octanol–water partition coefficient (Wildman–Crippen LogP) is 9.45. The molecule has 2 heteroatoms. The van der Waals surface area contributed by atoms with Crippen LogP contribution in [0.3, 0.4) is 0 Å². The van der Waals surface area contributed by atoms with Crippen molar-refractivity contribution < 1.29 is 9.47 Å². The molecule has 0 unspecified atom stereocenters. The summed E-state index contributed by atoms with van der Waals surface area (Å²) in [6, 6.07) is 8.72. The molecule has 33 heavy (non-hydrogen) atoms. The Kier molecular flexibility index (Phi) is 10.6. The molecule has 0 spiro atoms. The van der Waals surface area contributed by atoms with Gasteiger partial charge in [0.05, 0.1) is 6.61 Å². The van der Waals surface area contributed by atoms with Crippen molar-refractivity contribution in [1.82, 2.24) is 0 Å².